The third-order valence-corrected chi connectivity index (χ3v) is 11.3. The second-order valence-corrected chi connectivity index (χ2v) is 14.4. The Kier molecular flexibility index (Phi) is 8.12. The number of amides is 1. The van der Waals surface area contributed by atoms with Crippen LogP contribution in [0.25, 0.3) is 21.5 Å². The molecule has 1 heterocycles. The van der Waals surface area contributed by atoms with Gasteiger partial charge in [0, 0.05) is 26.2 Å². The van der Waals surface area contributed by atoms with Gasteiger partial charge in [-0.05, 0) is 69.9 Å². The fourth-order valence-corrected chi connectivity index (χ4v) is 8.17. The number of carbonyl (C=O) groups excluding carboxylic acids is 1. The fourth-order valence-electron chi connectivity index (χ4n) is 5.48. The summed E-state index contributed by atoms with van der Waals surface area (Å²) in [5, 5.41) is 13.1. The van der Waals surface area contributed by atoms with E-state index in [1.54, 1.807) is 42.5 Å². The topological polar surface area (TPSA) is 124 Å². The van der Waals surface area contributed by atoms with Gasteiger partial charge in [0.15, 0.2) is 0 Å². The van der Waals surface area contributed by atoms with Crippen LogP contribution in [0.3, 0.4) is 0 Å². The first-order chi connectivity index (χ1) is 21.1. The normalized spacial score (nSPS) is 15.4. The molecule has 5 aromatic carbocycles. The summed E-state index contributed by atoms with van der Waals surface area (Å²) in [5.41, 5.74) is 0.653. The van der Waals surface area contributed by atoms with Gasteiger partial charge in [-0.2, -0.15) is 9.03 Å². The molecule has 0 aliphatic carbocycles. The number of hydrogen-bond donors (Lipinski definition) is 2. The Hall–Kier alpha value is -4.29. The Balaban J connectivity index is 1.21. The maximum Gasteiger partial charge on any atom is 0.243 e. The Morgan fingerprint density at radius 2 is 1.20 bits per heavy atom. The summed E-state index contributed by atoms with van der Waals surface area (Å²) < 4.78 is 58.0. The van der Waals surface area contributed by atoms with E-state index in [0.29, 0.717) is 5.56 Å². The van der Waals surface area contributed by atoms with Crippen molar-refractivity contribution >= 4 is 47.5 Å². The van der Waals surface area contributed by atoms with Gasteiger partial charge >= 0.3 is 0 Å². The third-order valence-electron chi connectivity index (χ3n) is 7.91. The van der Waals surface area contributed by atoms with E-state index in [1.165, 1.54) is 27.4 Å². The van der Waals surface area contributed by atoms with E-state index >= 15 is 0 Å². The van der Waals surface area contributed by atoms with E-state index in [-0.39, 0.29) is 48.1 Å². The van der Waals surface area contributed by atoms with E-state index in [2.05, 4.69) is 4.72 Å². The Bertz CT molecular complexity index is 2060. The highest BCUT2D eigenvalue weighted by molar-refractivity contribution is 7.89. The maximum atomic E-state index is 13.8. The zero-order valence-corrected chi connectivity index (χ0v) is 25.3. The van der Waals surface area contributed by atoms with Crippen molar-refractivity contribution in [2.45, 2.75) is 22.3 Å². The van der Waals surface area contributed by atoms with Gasteiger partial charge in [0.2, 0.25) is 26.0 Å². The van der Waals surface area contributed by atoms with Crippen LogP contribution < -0.4 is 4.72 Å². The molecule has 0 saturated carbocycles. The highest BCUT2D eigenvalue weighted by Crippen LogP contribution is 2.24. The van der Waals surface area contributed by atoms with Gasteiger partial charge in [0.05, 0.1) is 9.79 Å². The summed E-state index contributed by atoms with van der Waals surface area (Å²) in [4.78, 5) is 15.6. The van der Waals surface area contributed by atoms with Crippen molar-refractivity contribution in [3.05, 3.63) is 115 Å². The van der Waals surface area contributed by atoms with Gasteiger partial charge in [-0.3, -0.25) is 4.79 Å². The molecule has 1 saturated heterocycles. The van der Waals surface area contributed by atoms with Gasteiger partial charge in [-0.1, -0.05) is 72.8 Å². The molecule has 1 atom stereocenters. The maximum absolute atomic E-state index is 13.8. The van der Waals surface area contributed by atoms with Crippen LogP contribution >= 0.6 is 0 Å². The predicted molar refractivity (Wildman–Crippen MR) is 169 cm³/mol. The molecule has 5 aromatic rings. The largest absolute Gasteiger partial charge is 0.508 e. The Morgan fingerprint density at radius 1 is 0.682 bits per heavy atom. The lowest BCUT2D eigenvalue weighted by atomic mass is 10.1. The first kappa shape index (κ1) is 29.8. The van der Waals surface area contributed by atoms with Crippen molar-refractivity contribution in [1.82, 2.24) is 13.9 Å². The minimum atomic E-state index is -4.10. The number of phenolic OH excluding ortho intramolecular Hbond substituents is 1. The molecule has 44 heavy (non-hydrogen) atoms. The molecule has 11 heteroatoms. The molecule has 0 bridgehead atoms. The van der Waals surface area contributed by atoms with Crippen molar-refractivity contribution in [2.75, 3.05) is 26.2 Å². The molecule has 1 aliphatic rings. The lowest BCUT2D eigenvalue weighted by Gasteiger charge is -2.36. The number of piperazine rings is 1. The molecule has 6 rings (SSSR count). The summed E-state index contributed by atoms with van der Waals surface area (Å²) in [6, 6.07) is 29.8. The van der Waals surface area contributed by atoms with E-state index in [1.807, 2.05) is 48.5 Å². The molecular formula is C33H31N3O6S2. The standard InChI is InChI=1S/C33H31N3O6S2/c37-29-13-9-24(10-14-29)21-32(34-43(39,40)30-15-11-25-5-1-3-7-27(25)22-30)33(38)35-17-19-36(20-18-35)44(41,42)31-16-12-26-6-2-4-8-28(26)23-31/h1-16,22-23,32,34,37H,17-21H2. The second kappa shape index (κ2) is 12.0. The van der Waals surface area contributed by atoms with Crippen molar-refractivity contribution in [2.24, 2.45) is 0 Å². The van der Waals surface area contributed by atoms with Gasteiger partial charge in [-0.15, -0.1) is 0 Å². The molecule has 1 unspecified atom stereocenters. The van der Waals surface area contributed by atoms with Crippen molar-refractivity contribution < 1.29 is 26.7 Å². The quantitative estimate of drug-likeness (QED) is 0.266. The summed E-state index contributed by atoms with van der Waals surface area (Å²) in [6.45, 7) is 0.360. The zero-order chi connectivity index (χ0) is 30.9. The fraction of sp³-hybridized carbons (Fsp3) is 0.182. The molecule has 1 amide bonds. The smallest absolute Gasteiger partial charge is 0.243 e. The van der Waals surface area contributed by atoms with E-state index in [4.69, 9.17) is 0 Å². The molecule has 0 spiro atoms. The number of fused-ring (bicyclic) bond motifs is 2. The molecule has 0 aromatic heterocycles. The molecule has 9 nitrogen and oxygen atoms in total. The lowest BCUT2D eigenvalue weighted by Crippen LogP contribution is -2.56. The first-order valence-corrected chi connectivity index (χ1v) is 17.1. The number of phenols is 1. The van der Waals surface area contributed by atoms with E-state index in [9.17, 15) is 26.7 Å². The number of rotatable bonds is 8. The molecule has 1 aliphatic heterocycles. The number of nitrogens with one attached hydrogen (secondary N) is 1. The summed E-state index contributed by atoms with van der Waals surface area (Å²) in [7, 11) is -7.90. The average molecular weight is 630 g/mol. The van der Waals surface area contributed by atoms with Crippen LogP contribution in [0.2, 0.25) is 0 Å². The molecule has 226 valence electrons. The van der Waals surface area contributed by atoms with Crippen molar-refractivity contribution in [1.29, 1.82) is 0 Å². The van der Waals surface area contributed by atoms with Crippen LogP contribution in [0.15, 0.2) is 119 Å². The Labute approximate surface area is 256 Å². The van der Waals surface area contributed by atoms with Gasteiger partial charge in [-0.25, -0.2) is 16.8 Å². The van der Waals surface area contributed by atoms with E-state index < -0.39 is 32.0 Å². The first-order valence-electron chi connectivity index (χ1n) is 14.2. The monoisotopic (exact) mass is 629 g/mol. The summed E-state index contributed by atoms with van der Waals surface area (Å²) in [6.07, 6.45) is 0.0432. The van der Waals surface area contributed by atoms with Gasteiger partial charge in [0.1, 0.15) is 11.8 Å². The zero-order valence-electron chi connectivity index (χ0n) is 23.7. The van der Waals surface area contributed by atoms with Crippen molar-refractivity contribution in [3.8, 4) is 5.75 Å². The number of aromatic hydroxyl groups is 1. The van der Waals surface area contributed by atoms with Crippen LogP contribution in [0.5, 0.6) is 5.75 Å². The number of hydrogen-bond acceptors (Lipinski definition) is 6. The SMILES string of the molecule is O=C(C(Cc1ccc(O)cc1)NS(=O)(=O)c1ccc2ccccc2c1)N1CCN(S(=O)(=O)c2ccc3ccccc3c2)CC1. The molecule has 1 fully saturated rings. The molecule has 2 N–H and O–H groups in total. The Morgan fingerprint density at radius 3 is 1.80 bits per heavy atom. The minimum absolute atomic E-state index is 0.0333. The summed E-state index contributed by atoms with van der Waals surface area (Å²) in [5.74, 6) is -0.401. The average Bonchev–Trinajstić information content (AvgIpc) is 3.04. The van der Waals surface area contributed by atoms with Crippen LogP contribution in [-0.2, 0) is 31.3 Å². The number of sulfonamides is 2. The highest BCUT2D eigenvalue weighted by atomic mass is 32.2. The van der Waals surface area contributed by atoms with Crippen LogP contribution in [0, 0.1) is 0 Å². The number of benzene rings is 5. The predicted octanol–water partition coefficient (Wildman–Crippen LogP) is 4.12. The van der Waals surface area contributed by atoms with E-state index in [0.717, 1.165) is 21.5 Å². The lowest BCUT2D eigenvalue weighted by molar-refractivity contribution is -0.134. The number of nitrogens with zero attached hydrogens (tertiary/aromatic N) is 2. The van der Waals surface area contributed by atoms with Crippen LogP contribution in [0.1, 0.15) is 5.56 Å². The van der Waals surface area contributed by atoms with Crippen LogP contribution in [-0.4, -0.2) is 69.3 Å². The minimum Gasteiger partial charge on any atom is -0.508 e. The number of carbonyl (C=O) groups is 1. The summed E-state index contributed by atoms with van der Waals surface area (Å²) >= 11 is 0. The third kappa shape index (κ3) is 6.18. The van der Waals surface area contributed by atoms with Gasteiger partial charge < -0.3 is 10.0 Å². The van der Waals surface area contributed by atoms with Crippen LogP contribution in [0.4, 0.5) is 0 Å². The highest BCUT2D eigenvalue weighted by Gasteiger charge is 2.34. The van der Waals surface area contributed by atoms with Crippen molar-refractivity contribution in [3.63, 3.8) is 0 Å². The second-order valence-electron chi connectivity index (χ2n) is 10.8. The molecular weight excluding hydrogens is 599 g/mol. The molecule has 0 radical (unpaired) electrons. The van der Waals surface area contributed by atoms with Gasteiger partial charge in [0.25, 0.3) is 0 Å².